The first-order valence-electron chi connectivity index (χ1n) is 10.4. The number of alkyl halides is 3. The Labute approximate surface area is 202 Å². The summed E-state index contributed by atoms with van der Waals surface area (Å²) in [5.41, 5.74) is 3.14. The molecule has 194 valence electrons. The fourth-order valence-corrected chi connectivity index (χ4v) is 4.42. The average Bonchev–Trinajstić information content (AvgIpc) is 2.81. The number of amides is 1. The fourth-order valence-electron chi connectivity index (χ4n) is 3.38. The van der Waals surface area contributed by atoms with Crippen molar-refractivity contribution >= 4 is 21.6 Å². The fraction of sp³-hybridized carbons (Fsp3) is 0.409. The lowest BCUT2D eigenvalue weighted by Crippen LogP contribution is -2.32. The highest BCUT2D eigenvalue weighted by Gasteiger charge is 2.37. The molecule has 2 aromatic rings. The minimum atomic E-state index is -4.99. The quantitative estimate of drug-likeness (QED) is 0.462. The van der Waals surface area contributed by atoms with Gasteiger partial charge in [0, 0.05) is 31.8 Å². The molecule has 0 aliphatic rings. The Morgan fingerprint density at radius 1 is 1.00 bits per heavy atom. The van der Waals surface area contributed by atoms with Gasteiger partial charge in [-0.2, -0.15) is 13.2 Å². The van der Waals surface area contributed by atoms with Crippen LogP contribution in [0, 0.1) is 0 Å². The number of hydrogen-bond donors (Lipinski definition) is 2. The van der Waals surface area contributed by atoms with E-state index in [0.29, 0.717) is 11.8 Å². The Morgan fingerprint density at radius 3 is 1.97 bits per heavy atom. The van der Waals surface area contributed by atoms with Crippen LogP contribution in [-0.2, 0) is 22.7 Å². The maximum atomic E-state index is 13.7. The average molecular weight is 520 g/mol. The number of nitrogens with one attached hydrogen (secondary N) is 1. The molecule has 1 amide bonds. The normalized spacial score (nSPS) is 11.8. The highest BCUT2D eigenvalue weighted by atomic mass is 32.2. The largest absolute Gasteiger partial charge is 0.496 e. The maximum Gasteiger partial charge on any atom is 0.418 e. The van der Waals surface area contributed by atoms with Crippen molar-refractivity contribution < 1.29 is 40.6 Å². The number of carbonyl (C=O) groups excluding carboxylic acids is 1. The minimum Gasteiger partial charge on any atom is -0.496 e. The first-order valence-corrected chi connectivity index (χ1v) is 11.9. The smallest absolute Gasteiger partial charge is 0.418 e. The van der Waals surface area contributed by atoms with Crippen molar-refractivity contribution in [2.75, 3.05) is 40.2 Å². The van der Waals surface area contributed by atoms with Gasteiger partial charge in [-0.3, -0.25) is 4.79 Å². The maximum absolute atomic E-state index is 13.7. The molecule has 0 saturated carbocycles. The van der Waals surface area contributed by atoms with Gasteiger partial charge < -0.3 is 24.8 Å². The number of halogens is 3. The van der Waals surface area contributed by atoms with Crippen LogP contribution < -0.4 is 24.7 Å². The van der Waals surface area contributed by atoms with Gasteiger partial charge in [-0.05, 0) is 26.0 Å². The molecule has 0 heterocycles. The summed E-state index contributed by atoms with van der Waals surface area (Å²) in [5, 5.41) is 0. The zero-order chi connectivity index (χ0) is 26.6. The first-order chi connectivity index (χ1) is 16.3. The van der Waals surface area contributed by atoms with E-state index >= 15 is 0 Å². The van der Waals surface area contributed by atoms with Gasteiger partial charge in [-0.25, -0.2) is 13.1 Å². The second-order valence-electron chi connectivity index (χ2n) is 7.24. The first kappa shape index (κ1) is 28.1. The molecule has 9 nitrogen and oxygen atoms in total. The van der Waals surface area contributed by atoms with Crippen LogP contribution in [-0.4, -0.2) is 53.6 Å². The third-order valence-corrected chi connectivity index (χ3v) is 6.69. The van der Waals surface area contributed by atoms with E-state index in [1.165, 1.54) is 38.4 Å². The van der Waals surface area contributed by atoms with Crippen molar-refractivity contribution in [3.63, 3.8) is 0 Å². The zero-order valence-electron chi connectivity index (χ0n) is 19.9. The molecule has 0 fully saturated rings. The highest BCUT2D eigenvalue weighted by Crippen LogP contribution is 2.38. The van der Waals surface area contributed by atoms with Crippen LogP contribution in [0.1, 0.15) is 35.3 Å². The number of nitrogen functional groups attached to an aromatic ring is 1. The molecule has 0 saturated heterocycles. The molecule has 13 heteroatoms. The molecule has 0 atom stereocenters. The topological polar surface area (TPSA) is 120 Å². The van der Waals surface area contributed by atoms with E-state index in [9.17, 15) is 26.4 Å². The van der Waals surface area contributed by atoms with Gasteiger partial charge in [-0.15, -0.1) is 0 Å². The predicted molar refractivity (Wildman–Crippen MR) is 123 cm³/mol. The van der Waals surface area contributed by atoms with Gasteiger partial charge in [-0.1, -0.05) is 0 Å². The number of anilines is 1. The summed E-state index contributed by atoms with van der Waals surface area (Å²) in [4.78, 5) is 13.3. The molecule has 2 rings (SSSR count). The van der Waals surface area contributed by atoms with Crippen LogP contribution >= 0.6 is 0 Å². The number of nitrogens with zero attached hydrogens (tertiary/aromatic N) is 1. The molecular formula is C22H28F3N3O6S. The number of benzene rings is 2. The van der Waals surface area contributed by atoms with Crippen molar-refractivity contribution in [3.05, 3.63) is 41.0 Å². The van der Waals surface area contributed by atoms with Crippen LogP contribution in [0.15, 0.2) is 29.2 Å². The Bertz CT molecular complexity index is 1160. The van der Waals surface area contributed by atoms with Crippen LogP contribution in [0.5, 0.6) is 17.2 Å². The molecule has 3 N–H and O–H groups in total. The number of nitrogens with two attached hydrogens (primary N) is 1. The summed E-state index contributed by atoms with van der Waals surface area (Å²) < 4.78 is 85.1. The van der Waals surface area contributed by atoms with Gasteiger partial charge in [0.2, 0.25) is 10.0 Å². The van der Waals surface area contributed by atoms with Gasteiger partial charge >= 0.3 is 6.18 Å². The number of methoxy groups -OCH3 is 3. The second-order valence-corrected chi connectivity index (χ2v) is 9.01. The van der Waals surface area contributed by atoms with Crippen LogP contribution in [0.25, 0.3) is 0 Å². The number of hydrogen-bond acceptors (Lipinski definition) is 7. The second kappa shape index (κ2) is 11.0. The van der Waals surface area contributed by atoms with E-state index in [0.717, 1.165) is 6.07 Å². The van der Waals surface area contributed by atoms with Crippen molar-refractivity contribution in [2.24, 2.45) is 0 Å². The third kappa shape index (κ3) is 6.09. The third-order valence-electron chi connectivity index (χ3n) is 5.31. The summed E-state index contributed by atoms with van der Waals surface area (Å²) in [7, 11) is -0.406. The van der Waals surface area contributed by atoms with E-state index in [1.54, 1.807) is 13.8 Å². The van der Waals surface area contributed by atoms with Crippen molar-refractivity contribution in [1.82, 2.24) is 9.62 Å². The number of rotatable bonds is 10. The number of carbonyl (C=O) groups is 1. The monoisotopic (exact) mass is 519 g/mol. The van der Waals surface area contributed by atoms with E-state index in [1.807, 2.05) is 0 Å². The van der Waals surface area contributed by atoms with Gasteiger partial charge in [0.25, 0.3) is 5.91 Å². The molecule has 0 aliphatic heterocycles. The highest BCUT2D eigenvalue weighted by molar-refractivity contribution is 7.89. The molecule has 0 radical (unpaired) electrons. The van der Waals surface area contributed by atoms with Crippen molar-refractivity contribution in [1.29, 1.82) is 0 Å². The molecule has 0 aromatic heterocycles. The Hall–Kier alpha value is -3.19. The Balaban J connectivity index is 2.58. The number of sulfonamides is 1. The standard InChI is InChI=1S/C22H28F3N3O6S/c1-6-28(7-2)21(29)15-10-14(11-17(20(15)26)22(23,24)25)35(30,31)27-12-16-18(33-4)8-13(32-3)9-19(16)34-5/h8-11,27H,6-7,12,26H2,1-5H3. The van der Waals surface area contributed by atoms with E-state index in [-0.39, 0.29) is 36.7 Å². The lowest BCUT2D eigenvalue weighted by molar-refractivity contribution is -0.137. The van der Waals surface area contributed by atoms with Crippen LogP contribution in [0.4, 0.5) is 18.9 Å². The minimum absolute atomic E-state index is 0.197. The molecule has 0 spiro atoms. The Morgan fingerprint density at radius 2 is 1.54 bits per heavy atom. The molecule has 2 aromatic carbocycles. The van der Waals surface area contributed by atoms with Gasteiger partial charge in [0.05, 0.1) is 48.6 Å². The van der Waals surface area contributed by atoms with Crippen molar-refractivity contribution in [2.45, 2.75) is 31.5 Å². The molecule has 0 aliphatic carbocycles. The SMILES string of the molecule is CCN(CC)C(=O)c1cc(S(=O)(=O)NCc2c(OC)cc(OC)cc2OC)cc(C(F)(F)F)c1N. The summed E-state index contributed by atoms with van der Waals surface area (Å²) in [6.07, 6.45) is -4.99. The van der Waals surface area contributed by atoms with E-state index < -0.39 is 43.8 Å². The predicted octanol–water partition coefficient (Wildman–Crippen LogP) is 3.27. The summed E-state index contributed by atoms with van der Waals surface area (Å²) in [6.45, 7) is 3.29. The molecule has 35 heavy (non-hydrogen) atoms. The lowest BCUT2D eigenvalue weighted by Gasteiger charge is -2.22. The number of ether oxygens (including phenoxy) is 3. The summed E-state index contributed by atoms with van der Waals surface area (Å²) in [5.74, 6) is 0.0379. The molecular weight excluding hydrogens is 491 g/mol. The van der Waals surface area contributed by atoms with Crippen LogP contribution in [0.2, 0.25) is 0 Å². The van der Waals surface area contributed by atoms with Gasteiger partial charge in [0.1, 0.15) is 17.2 Å². The lowest BCUT2D eigenvalue weighted by atomic mass is 10.1. The Kier molecular flexibility index (Phi) is 8.84. The van der Waals surface area contributed by atoms with Crippen molar-refractivity contribution in [3.8, 4) is 17.2 Å². The summed E-state index contributed by atoms with van der Waals surface area (Å²) >= 11 is 0. The van der Waals surface area contributed by atoms with E-state index in [2.05, 4.69) is 4.72 Å². The molecule has 0 bridgehead atoms. The van der Waals surface area contributed by atoms with Gasteiger partial charge in [0.15, 0.2) is 0 Å². The van der Waals surface area contributed by atoms with Crippen LogP contribution in [0.3, 0.4) is 0 Å². The molecule has 0 unspecified atom stereocenters. The van der Waals surface area contributed by atoms with E-state index in [4.69, 9.17) is 19.9 Å². The summed E-state index contributed by atoms with van der Waals surface area (Å²) in [6, 6.07) is 4.24. The zero-order valence-corrected chi connectivity index (χ0v) is 20.8.